The minimum atomic E-state index is -0.284. The first kappa shape index (κ1) is 15.4. The van der Waals surface area contributed by atoms with Gasteiger partial charge in [-0.25, -0.2) is 4.98 Å². The van der Waals surface area contributed by atoms with Crippen LogP contribution in [0.5, 0.6) is 0 Å². The number of carbonyl (C=O) groups is 2. The second-order valence-corrected chi connectivity index (χ2v) is 6.30. The van der Waals surface area contributed by atoms with Gasteiger partial charge in [-0.3, -0.25) is 14.6 Å². The van der Waals surface area contributed by atoms with Gasteiger partial charge in [-0.2, -0.15) is 0 Å². The molecule has 4 nitrogen and oxygen atoms in total. The standard InChI is InChI=1S/C21H16N2O2/c1-11-9-10-22-18-15(11)20(24)17-16(14-7-5-4-6-8-14)12(2)13(3)23-19(17)21(18)25/h4-10H,1-3H3. The Morgan fingerprint density at radius 2 is 1.48 bits per heavy atom. The van der Waals surface area contributed by atoms with Crippen LogP contribution in [-0.2, 0) is 0 Å². The normalized spacial score (nSPS) is 12.8. The van der Waals surface area contributed by atoms with Crippen molar-refractivity contribution in [1.29, 1.82) is 0 Å². The Bertz CT molecular complexity index is 1050. The highest BCUT2D eigenvalue weighted by atomic mass is 16.1. The van der Waals surface area contributed by atoms with Crippen molar-refractivity contribution in [3.05, 3.63) is 81.9 Å². The van der Waals surface area contributed by atoms with E-state index in [-0.39, 0.29) is 23.0 Å². The molecule has 0 atom stereocenters. The van der Waals surface area contributed by atoms with Crippen LogP contribution in [-0.4, -0.2) is 21.5 Å². The highest BCUT2D eigenvalue weighted by Gasteiger charge is 2.36. The average Bonchev–Trinajstić information content (AvgIpc) is 2.62. The van der Waals surface area contributed by atoms with Crippen LogP contribution in [0, 0.1) is 20.8 Å². The molecule has 1 aliphatic rings. The summed E-state index contributed by atoms with van der Waals surface area (Å²) in [6.45, 7) is 5.63. The maximum atomic E-state index is 13.3. The molecule has 4 heteroatoms. The zero-order valence-corrected chi connectivity index (χ0v) is 14.3. The topological polar surface area (TPSA) is 59.9 Å². The summed E-state index contributed by atoms with van der Waals surface area (Å²) in [6.07, 6.45) is 1.56. The fourth-order valence-electron chi connectivity index (χ4n) is 3.40. The van der Waals surface area contributed by atoms with Gasteiger partial charge in [-0.1, -0.05) is 30.3 Å². The van der Waals surface area contributed by atoms with Gasteiger partial charge in [0.1, 0.15) is 11.4 Å². The van der Waals surface area contributed by atoms with Crippen molar-refractivity contribution in [3.63, 3.8) is 0 Å². The van der Waals surface area contributed by atoms with E-state index >= 15 is 0 Å². The average molecular weight is 328 g/mol. The van der Waals surface area contributed by atoms with E-state index in [1.807, 2.05) is 51.1 Å². The van der Waals surface area contributed by atoms with Gasteiger partial charge in [0, 0.05) is 11.9 Å². The maximum absolute atomic E-state index is 13.3. The molecule has 2 heterocycles. The number of ketones is 2. The predicted octanol–water partition coefficient (Wildman–Crippen LogP) is 3.84. The molecule has 3 aromatic rings. The highest BCUT2D eigenvalue weighted by Crippen LogP contribution is 2.36. The molecule has 4 rings (SSSR count). The maximum Gasteiger partial charge on any atom is 0.231 e. The van der Waals surface area contributed by atoms with Gasteiger partial charge < -0.3 is 0 Å². The third-order valence-corrected chi connectivity index (χ3v) is 4.79. The molecule has 0 bridgehead atoms. The molecule has 2 aromatic heterocycles. The number of fused-ring (bicyclic) bond motifs is 2. The first-order valence-corrected chi connectivity index (χ1v) is 8.12. The largest absolute Gasteiger partial charge is 0.288 e. The summed E-state index contributed by atoms with van der Waals surface area (Å²) < 4.78 is 0. The zero-order chi connectivity index (χ0) is 17.7. The molecular formula is C21H16N2O2. The lowest BCUT2D eigenvalue weighted by Gasteiger charge is -2.22. The molecule has 0 amide bonds. The number of pyridine rings is 2. The van der Waals surface area contributed by atoms with Crippen molar-refractivity contribution in [1.82, 2.24) is 9.97 Å². The number of nitrogens with zero attached hydrogens (tertiary/aromatic N) is 2. The minimum absolute atomic E-state index is 0.176. The lowest BCUT2D eigenvalue weighted by atomic mass is 9.82. The summed E-state index contributed by atoms with van der Waals surface area (Å²) >= 11 is 0. The molecule has 1 aromatic carbocycles. The Morgan fingerprint density at radius 1 is 0.760 bits per heavy atom. The van der Waals surface area contributed by atoms with Crippen LogP contribution in [0.1, 0.15) is 48.9 Å². The first-order valence-electron chi connectivity index (χ1n) is 8.12. The van der Waals surface area contributed by atoms with E-state index in [4.69, 9.17) is 0 Å². The van der Waals surface area contributed by atoms with Crippen LogP contribution in [0.2, 0.25) is 0 Å². The van der Waals surface area contributed by atoms with Crippen molar-refractivity contribution in [2.75, 3.05) is 0 Å². The molecule has 0 radical (unpaired) electrons. The number of hydrogen-bond donors (Lipinski definition) is 0. The van der Waals surface area contributed by atoms with E-state index in [2.05, 4.69) is 9.97 Å². The van der Waals surface area contributed by atoms with Crippen LogP contribution in [0.15, 0.2) is 42.6 Å². The monoisotopic (exact) mass is 328 g/mol. The molecule has 0 spiro atoms. The summed E-state index contributed by atoms with van der Waals surface area (Å²) in [5, 5.41) is 0. The summed E-state index contributed by atoms with van der Waals surface area (Å²) in [5.41, 5.74) is 5.30. The summed E-state index contributed by atoms with van der Waals surface area (Å²) in [5.74, 6) is -0.460. The third kappa shape index (κ3) is 2.14. The van der Waals surface area contributed by atoms with Crippen molar-refractivity contribution in [2.24, 2.45) is 0 Å². The van der Waals surface area contributed by atoms with Crippen molar-refractivity contribution in [3.8, 4) is 11.1 Å². The summed E-state index contributed by atoms with van der Waals surface area (Å²) in [7, 11) is 0. The van der Waals surface area contributed by atoms with Gasteiger partial charge in [0.2, 0.25) is 5.78 Å². The van der Waals surface area contributed by atoms with Gasteiger partial charge >= 0.3 is 0 Å². The SMILES string of the molecule is Cc1ccnc2c1C(=O)c1c(nc(C)c(C)c1-c1ccccc1)C2=O. The molecule has 0 unspecified atom stereocenters. The van der Waals surface area contributed by atoms with Crippen molar-refractivity contribution < 1.29 is 9.59 Å². The second kappa shape index (κ2) is 5.45. The van der Waals surface area contributed by atoms with Crippen LogP contribution < -0.4 is 0 Å². The lowest BCUT2D eigenvalue weighted by molar-refractivity contribution is 0.0971. The fraction of sp³-hybridized carbons (Fsp3) is 0.143. The van der Waals surface area contributed by atoms with E-state index in [9.17, 15) is 9.59 Å². The van der Waals surface area contributed by atoms with Gasteiger partial charge in [0.05, 0.1) is 11.1 Å². The van der Waals surface area contributed by atoms with Crippen LogP contribution in [0.4, 0.5) is 0 Å². The van der Waals surface area contributed by atoms with E-state index < -0.39 is 0 Å². The van der Waals surface area contributed by atoms with Crippen LogP contribution in [0.25, 0.3) is 11.1 Å². The quantitative estimate of drug-likeness (QED) is 0.532. The van der Waals surface area contributed by atoms with E-state index in [1.54, 1.807) is 12.3 Å². The Hall–Kier alpha value is -3.14. The third-order valence-electron chi connectivity index (χ3n) is 4.79. The molecule has 0 fully saturated rings. The second-order valence-electron chi connectivity index (χ2n) is 6.30. The Labute approximate surface area is 145 Å². The minimum Gasteiger partial charge on any atom is -0.288 e. The first-order chi connectivity index (χ1) is 12.0. The Kier molecular flexibility index (Phi) is 3.35. The molecule has 0 N–H and O–H groups in total. The number of benzene rings is 1. The predicted molar refractivity (Wildman–Crippen MR) is 95.0 cm³/mol. The number of carbonyl (C=O) groups excluding carboxylic acids is 2. The number of rotatable bonds is 1. The van der Waals surface area contributed by atoms with Gasteiger partial charge in [-0.15, -0.1) is 0 Å². The number of hydrogen-bond acceptors (Lipinski definition) is 4. The van der Waals surface area contributed by atoms with Crippen LogP contribution in [0.3, 0.4) is 0 Å². The number of aryl methyl sites for hydroxylation is 2. The molecule has 0 saturated heterocycles. The van der Waals surface area contributed by atoms with Gasteiger partial charge in [0.15, 0.2) is 5.78 Å². The smallest absolute Gasteiger partial charge is 0.231 e. The molecular weight excluding hydrogens is 312 g/mol. The van der Waals surface area contributed by atoms with Crippen molar-refractivity contribution >= 4 is 11.6 Å². The van der Waals surface area contributed by atoms with Crippen molar-refractivity contribution in [2.45, 2.75) is 20.8 Å². The lowest BCUT2D eigenvalue weighted by Crippen LogP contribution is -2.26. The molecule has 122 valence electrons. The summed E-state index contributed by atoms with van der Waals surface area (Å²) in [4.78, 5) is 34.9. The Morgan fingerprint density at radius 3 is 2.20 bits per heavy atom. The highest BCUT2D eigenvalue weighted by molar-refractivity contribution is 6.29. The number of aromatic nitrogens is 2. The molecule has 25 heavy (non-hydrogen) atoms. The molecule has 1 aliphatic carbocycles. The van der Waals surface area contributed by atoms with E-state index in [0.29, 0.717) is 11.1 Å². The van der Waals surface area contributed by atoms with Crippen LogP contribution >= 0.6 is 0 Å². The van der Waals surface area contributed by atoms with Gasteiger partial charge in [0.25, 0.3) is 0 Å². The van der Waals surface area contributed by atoms with E-state index in [1.165, 1.54) is 0 Å². The van der Waals surface area contributed by atoms with E-state index in [0.717, 1.165) is 27.9 Å². The molecule has 0 aliphatic heterocycles. The summed E-state index contributed by atoms with van der Waals surface area (Å²) in [6, 6.07) is 11.4. The Balaban J connectivity index is 2.12. The fourth-order valence-corrected chi connectivity index (χ4v) is 3.40. The van der Waals surface area contributed by atoms with Gasteiger partial charge in [-0.05, 0) is 49.1 Å². The zero-order valence-electron chi connectivity index (χ0n) is 14.3. The molecule has 0 saturated carbocycles.